The molecule has 0 bridgehead atoms. The number of carbonyl (C=O) groups is 1. The molecule has 0 saturated heterocycles. The number of nitrogens with one attached hydrogen (secondary N) is 1. The molecule has 1 N–H and O–H groups in total. The van der Waals surface area contributed by atoms with Gasteiger partial charge < -0.3 is 10.1 Å². The number of carbonyl (C=O) groups excluding carboxylic acids is 1. The van der Waals surface area contributed by atoms with Crippen LogP contribution in [-0.4, -0.2) is 18.7 Å². The predicted molar refractivity (Wildman–Crippen MR) is 65.3 cm³/mol. The lowest BCUT2D eigenvalue weighted by molar-refractivity contribution is 0.00643. The molecule has 3 heteroatoms. The van der Waals surface area contributed by atoms with Gasteiger partial charge in [0.15, 0.2) is 0 Å². The molecule has 16 heavy (non-hydrogen) atoms. The Labute approximate surface area is 98.9 Å². The van der Waals surface area contributed by atoms with E-state index in [1.54, 1.807) is 0 Å². The van der Waals surface area contributed by atoms with Crippen molar-refractivity contribution in [2.75, 3.05) is 6.54 Å². The first-order valence-electron chi connectivity index (χ1n) is 6.49. The lowest BCUT2D eigenvalue weighted by Crippen LogP contribution is -2.38. The van der Waals surface area contributed by atoms with E-state index in [0.717, 1.165) is 6.42 Å². The van der Waals surface area contributed by atoms with Gasteiger partial charge in [-0.25, -0.2) is 4.79 Å². The van der Waals surface area contributed by atoms with E-state index in [1.807, 2.05) is 6.92 Å². The van der Waals surface area contributed by atoms with Gasteiger partial charge >= 0.3 is 6.09 Å². The van der Waals surface area contributed by atoms with Crippen molar-refractivity contribution in [3.05, 3.63) is 0 Å². The van der Waals surface area contributed by atoms with Crippen molar-refractivity contribution in [2.45, 2.75) is 53.1 Å². The monoisotopic (exact) mass is 227 g/mol. The lowest BCUT2D eigenvalue weighted by Gasteiger charge is -2.36. The predicted octanol–water partition coefficient (Wildman–Crippen LogP) is 3.19. The zero-order valence-corrected chi connectivity index (χ0v) is 11.0. The van der Waals surface area contributed by atoms with Crippen molar-refractivity contribution in [1.29, 1.82) is 0 Å². The van der Waals surface area contributed by atoms with Crippen LogP contribution in [0.1, 0.15) is 47.0 Å². The average Bonchev–Trinajstić information content (AvgIpc) is 2.17. The quantitative estimate of drug-likeness (QED) is 0.804. The van der Waals surface area contributed by atoms with Crippen LogP contribution in [0.4, 0.5) is 4.79 Å². The Kier molecular flexibility index (Phi) is 5.10. The number of hydrogen-bond donors (Lipinski definition) is 1. The highest BCUT2D eigenvalue weighted by Gasteiger charge is 2.33. The second-order valence-electron chi connectivity index (χ2n) is 5.30. The fourth-order valence-corrected chi connectivity index (χ4v) is 2.57. The van der Waals surface area contributed by atoms with E-state index in [1.165, 1.54) is 12.8 Å². The molecular formula is C13H25NO2. The van der Waals surface area contributed by atoms with Gasteiger partial charge in [-0.1, -0.05) is 27.2 Å². The van der Waals surface area contributed by atoms with E-state index in [4.69, 9.17) is 4.74 Å². The largest absolute Gasteiger partial charge is 0.446 e. The first-order valence-corrected chi connectivity index (χ1v) is 6.49. The van der Waals surface area contributed by atoms with Crippen LogP contribution in [0.2, 0.25) is 0 Å². The second kappa shape index (κ2) is 6.12. The summed E-state index contributed by atoms with van der Waals surface area (Å²) in [6.45, 7) is 9.21. The average molecular weight is 227 g/mol. The number of alkyl carbamates (subject to hydrolysis) is 1. The lowest BCUT2D eigenvalue weighted by atomic mass is 9.75. The van der Waals surface area contributed by atoms with Crippen LogP contribution >= 0.6 is 0 Å². The fourth-order valence-electron chi connectivity index (χ4n) is 2.57. The van der Waals surface area contributed by atoms with Crippen molar-refractivity contribution < 1.29 is 9.53 Å². The van der Waals surface area contributed by atoms with Gasteiger partial charge in [-0.3, -0.25) is 0 Å². The van der Waals surface area contributed by atoms with E-state index >= 15 is 0 Å². The molecule has 0 spiro atoms. The van der Waals surface area contributed by atoms with Crippen molar-refractivity contribution in [3.63, 3.8) is 0 Å². The molecule has 94 valence electrons. The zero-order chi connectivity index (χ0) is 12.1. The number of amides is 1. The maximum Gasteiger partial charge on any atom is 0.407 e. The summed E-state index contributed by atoms with van der Waals surface area (Å²) in [6, 6.07) is 0. The smallest absolute Gasteiger partial charge is 0.407 e. The number of ether oxygens (including phenoxy) is 1. The third-order valence-corrected chi connectivity index (χ3v) is 3.54. The topological polar surface area (TPSA) is 38.3 Å². The standard InChI is InChI=1S/C13H25NO2/c1-5-14-13(15)16-12-8-10(4)6-7-11(12)9(2)3/h9-12H,5-8H2,1-4H3,(H,14,15). The Hall–Kier alpha value is -0.730. The summed E-state index contributed by atoms with van der Waals surface area (Å²) in [4.78, 5) is 11.5. The van der Waals surface area contributed by atoms with Gasteiger partial charge in [-0.2, -0.15) is 0 Å². The van der Waals surface area contributed by atoms with Crippen molar-refractivity contribution in [1.82, 2.24) is 5.32 Å². The third-order valence-electron chi connectivity index (χ3n) is 3.54. The molecule has 0 aliphatic heterocycles. The van der Waals surface area contributed by atoms with Gasteiger partial charge in [0, 0.05) is 6.54 Å². The Morgan fingerprint density at radius 1 is 1.44 bits per heavy atom. The molecule has 0 heterocycles. The highest BCUT2D eigenvalue weighted by molar-refractivity contribution is 5.67. The summed E-state index contributed by atoms with van der Waals surface area (Å²) in [5, 5.41) is 2.71. The second-order valence-corrected chi connectivity index (χ2v) is 5.30. The van der Waals surface area contributed by atoms with Crippen molar-refractivity contribution in [2.24, 2.45) is 17.8 Å². The molecule has 3 atom stereocenters. The third kappa shape index (κ3) is 3.69. The zero-order valence-electron chi connectivity index (χ0n) is 11.0. The van der Waals surface area contributed by atoms with Crippen LogP contribution in [0.3, 0.4) is 0 Å². The van der Waals surface area contributed by atoms with Gasteiger partial charge in [0.25, 0.3) is 0 Å². The molecule has 3 nitrogen and oxygen atoms in total. The highest BCUT2D eigenvalue weighted by atomic mass is 16.6. The van der Waals surface area contributed by atoms with E-state index in [0.29, 0.717) is 24.3 Å². The van der Waals surface area contributed by atoms with E-state index in [9.17, 15) is 4.79 Å². The Morgan fingerprint density at radius 3 is 2.69 bits per heavy atom. The molecule has 1 rings (SSSR count). The van der Waals surface area contributed by atoms with Crippen LogP contribution < -0.4 is 5.32 Å². The van der Waals surface area contributed by atoms with Crippen molar-refractivity contribution in [3.8, 4) is 0 Å². The van der Waals surface area contributed by atoms with Crippen LogP contribution in [-0.2, 0) is 4.74 Å². The van der Waals surface area contributed by atoms with Crippen LogP contribution in [0, 0.1) is 17.8 Å². The van der Waals surface area contributed by atoms with E-state index in [-0.39, 0.29) is 12.2 Å². The molecule has 1 amide bonds. The maximum absolute atomic E-state index is 11.5. The molecule has 0 radical (unpaired) electrons. The maximum atomic E-state index is 11.5. The first-order chi connectivity index (χ1) is 7.54. The Morgan fingerprint density at radius 2 is 2.12 bits per heavy atom. The molecular weight excluding hydrogens is 202 g/mol. The van der Waals surface area contributed by atoms with Crippen molar-refractivity contribution >= 4 is 6.09 Å². The first kappa shape index (κ1) is 13.3. The molecule has 3 unspecified atom stereocenters. The minimum atomic E-state index is -0.257. The summed E-state index contributed by atoms with van der Waals surface area (Å²) in [7, 11) is 0. The van der Waals surface area contributed by atoms with Crippen LogP contribution in [0.25, 0.3) is 0 Å². The molecule has 0 aromatic heterocycles. The summed E-state index contributed by atoms with van der Waals surface area (Å²) in [5.74, 6) is 1.79. The number of rotatable bonds is 3. The van der Waals surface area contributed by atoms with Gasteiger partial charge in [-0.05, 0) is 37.5 Å². The minimum Gasteiger partial charge on any atom is -0.446 e. The van der Waals surface area contributed by atoms with Crippen LogP contribution in [0.15, 0.2) is 0 Å². The highest BCUT2D eigenvalue weighted by Crippen LogP contribution is 2.35. The van der Waals surface area contributed by atoms with E-state index < -0.39 is 0 Å². The molecule has 1 aliphatic carbocycles. The number of hydrogen-bond acceptors (Lipinski definition) is 2. The van der Waals surface area contributed by atoms with Crippen LogP contribution in [0.5, 0.6) is 0 Å². The summed E-state index contributed by atoms with van der Waals surface area (Å²) in [5.41, 5.74) is 0. The molecule has 1 aliphatic rings. The molecule has 1 saturated carbocycles. The Balaban J connectivity index is 2.54. The SMILES string of the molecule is CCNC(=O)OC1CC(C)CCC1C(C)C. The Bertz CT molecular complexity index is 228. The van der Waals surface area contributed by atoms with Gasteiger partial charge in [0.05, 0.1) is 0 Å². The normalized spacial score (nSPS) is 30.2. The summed E-state index contributed by atoms with van der Waals surface area (Å²) >= 11 is 0. The fraction of sp³-hybridized carbons (Fsp3) is 0.923. The van der Waals surface area contributed by atoms with Gasteiger partial charge in [0.1, 0.15) is 6.10 Å². The molecule has 1 fully saturated rings. The minimum absolute atomic E-state index is 0.107. The van der Waals surface area contributed by atoms with Gasteiger partial charge in [0.2, 0.25) is 0 Å². The van der Waals surface area contributed by atoms with Gasteiger partial charge in [-0.15, -0.1) is 0 Å². The van der Waals surface area contributed by atoms with E-state index in [2.05, 4.69) is 26.1 Å². The summed E-state index contributed by atoms with van der Waals surface area (Å²) in [6.07, 6.45) is 3.31. The molecule has 0 aromatic carbocycles. The molecule has 0 aromatic rings. The summed E-state index contributed by atoms with van der Waals surface area (Å²) < 4.78 is 5.53.